The Labute approximate surface area is 145 Å². The molecule has 0 aromatic carbocycles. The molecule has 0 atom stereocenters. The topological polar surface area (TPSA) is 56.8 Å². The maximum atomic E-state index is 5.82. The van der Waals surface area contributed by atoms with Crippen LogP contribution in [0.5, 0.6) is 0 Å². The zero-order valence-electron chi connectivity index (χ0n) is 14.3. The minimum Gasteiger partial charge on any atom is -0.368 e. The number of rotatable bonds is 2. The van der Waals surface area contributed by atoms with Crippen molar-refractivity contribution < 1.29 is 9.47 Å². The molecular formula is C18H21N5O2. The van der Waals surface area contributed by atoms with Crippen LogP contribution in [0.25, 0.3) is 16.6 Å². The van der Waals surface area contributed by atoms with Crippen LogP contribution < -0.4 is 4.90 Å². The molecule has 0 aliphatic carbocycles. The largest absolute Gasteiger partial charge is 0.368 e. The number of aryl methyl sites for hydroxylation is 1. The number of piperidine rings is 1. The van der Waals surface area contributed by atoms with Gasteiger partial charge in [-0.25, -0.2) is 4.52 Å². The zero-order valence-corrected chi connectivity index (χ0v) is 14.3. The van der Waals surface area contributed by atoms with Crippen molar-refractivity contribution in [2.24, 2.45) is 7.05 Å². The molecule has 3 aromatic rings. The summed E-state index contributed by atoms with van der Waals surface area (Å²) in [5.74, 6) is -0.340. The third-order valence-electron chi connectivity index (χ3n) is 5.21. The molecule has 1 spiro atoms. The number of hydrogen-bond donors (Lipinski definition) is 0. The number of hydrogen-bond acceptors (Lipinski definition) is 5. The highest BCUT2D eigenvalue weighted by Gasteiger charge is 2.40. The molecule has 2 fully saturated rings. The number of pyridine rings is 1. The normalized spacial score (nSPS) is 20.0. The van der Waals surface area contributed by atoms with Crippen LogP contribution in [0.15, 0.2) is 36.9 Å². The highest BCUT2D eigenvalue weighted by atomic mass is 16.7. The molecule has 0 radical (unpaired) electrons. The summed E-state index contributed by atoms with van der Waals surface area (Å²) >= 11 is 0. The number of nitrogens with zero attached hydrogens (tertiary/aromatic N) is 5. The Hall–Kier alpha value is -2.38. The summed E-state index contributed by atoms with van der Waals surface area (Å²) in [6.07, 6.45) is 9.70. The second-order valence-corrected chi connectivity index (χ2v) is 6.77. The molecule has 25 heavy (non-hydrogen) atoms. The summed E-state index contributed by atoms with van der Waals surface area (Å²) in [7, 11) is 1.93. The lowest BCUT2D eigenvalue weighted by atomic mass is 10.0. The second-order valence-electron chi connectivity index (χ2n) is 6.77. The Morgan fingerprint density at radius 3 is 2.48 bits per heavy atom. The third-order valence-corrected chi connectivity index (χ3v) is 5.21. The predicted molar refractivity (Wildman–Crippen MR) is 93.5 cm³/mol. The zero-order chi connectivity index (χ0) is 16.9. The Morgan fingerprint density at radius 2 is 1.76 bits per heavy atom. The van der Waals surface area contributed by atoms with Crippen LogP contribution in [0.2, 0.25) is 0 Å². The average molecular weight is 339 g/mol. The fourth-order valence-corrected chi connectivity index (χ4v) is 3.83. The van der Waals surface area contributed by atoms with E-state index in [2.05, 4.69) is 33.4 Å². The van der Waals surface area contributed by atoms with Gasteiger partial charge in [-0.15, -0.1) is 0 Å². The maximum Gasteiger partial charge on any atom is 0.171 e. The van der Waals surface area contributed by atoms with Crippen LogP contribution in [0, 0.1) is 0 Å². The van der Waals surface area contributed by atoms with Crippen LogP contribution >= 0.6 is 0 Å². The van der Waals surface area contributed by atoms with Crippen LogP contribution in [0.4, 0.5) is 5.69 Å². The fraction of sp³-hybridized carbons (Fsp3) is 0.444. The smallest absolute Gasteiger partial charge is 0.171 e. The Bertz CT molecular complexity index is 899. The van der Waals surface area contributed by atoms with Crippen molar-refractivity contribution >= 4 is 11.2 Å². The maximum absolute atomic E-state index is 5.82. The molecule has 0 bridgehead atoms. The van der Waals surface area contributed by atoms with E-state index in [1.165, 1.54) is 5.69 Å². The van der Waals surface area contributed by atoms with Gasteiger partial charge >= 0.3 is 0 Å². The first-order valence-electron chi connectivity index (χ1n) is 8.72. The first kappa shape index (κ1) is 14.9. The van der Waals surface area contributed by atoms with Crippen molar-refractivity contribution in [2.45, 2.75) is 18.6 Å². The summed E-state index contributed by atoms with van der Waals surface area (Å²) in [4.78, 5) is 2.38. The van der Waals surface area contributed by atoms with Crippen molar-refractivity contribution in [1.29, 1.82) is 0 Å². The predicted octanol–water partition coefficient (Wildman–Crippen LogP) is 2.08. The molecule has 7 heteroatoms. The van der Waals surface area contributed by atoms with Crippen molar-refractivity contribution in [1.82, 2.24) is 19.4 Å². The minimum absolute atomic E-state index is 0.340. The van der Waals surface area contributed by atoms with Crippen LogP contribution in [-0.4, -0.2) is 51.5 Å². The van der Waals surface area contributed by atoms with E-state index in [9.17, 15) is 0 Å². The molecule has 130 valence electrons. The molecule has 0 saturated carbocycles. The lowest BCUT2D eigenvalue weighted by Gasteiger charge is -2.38. The van der Waals surface area contributed by atoms with Gasteiger partial charge in [-0.3, -0.25) is 4.68 Å². The average Bonchev–Trinajstić information content (AvgIpc) is 3.36. The molecule has 3 aromatic heterocycles. The Kier molecular flexibility index (Phi) is 3.33. The van der Waals surface area contributed by atoms with E-state index in [-0.39, 0.29) is 5.79 Å². The summed E-state index contributed by atoms with van der Waals surface area (Å²) in [5.41, 5.74) is 4.50. The molecule has 5 heterocycles. The molecule has 2 saturated heterocycles. The summed E-state index contributed by atoms with van der Waals surface area (Å²) in [6.45, 7) is 3.28. The van der Waals surface area contributed by atoms with E-state index < -0.39 is 0 Å². The van der Waals surface area contributed by atoms with Gasteiger partial charge in [0.2, 0.25) is 0 Å². The molecular weight excluding hydrogens is 318 g/mol. The first-order valence-corrected chi connectivity index (χ1v) is 8.72. The van der Waals surface area contributed by atoms with Gasteiger partial charge < -0.3 is 14.4 Å². The third kappa shape index (κ3) is 2.51. The van der Waals surface area contributed by atoms with Crippen LogP contribution in [-0.2, 0) is 16.5 Å². The van der Waals surface area contributed by atoms with Gasteiger partial charge in [-0.2, -0.15) is 10.2 Å². The lowest BCUT2D eigenvalue weighted by Crippen LogP contribution is -2.45. The van der Waals surface area contributed by atoms with E-state index in [1.807, 2.05) is 34.8 Å². The highest BCUT2D eigenvalue weighted by Crippen LogP contribution is 2.34. The van der Waals surface area contributed by atoms with Crippen molar-refractivity contribution in [3.63, 3.8) is 0 Å². The van der Waals surface area contributed by atoms with Crippen LogP contribution in [0.1, 0.15) is 12.8 Å². The quantitative estimate of drug-likeness (QED) is 0.715. The monoisotopic (exact) mass is 339 g/mol. The molecule has 2 aliphatic heterocycles. The highest BCUT2D eigenvalue weighted by molar-refractivity contribution is 5.75. The second kappa shape index (κ2) is 5.57. The van der Waals surface area contributed by atoms with E-state index in [1.54, 1.807) is 0 Å². The SMILES string of the molecule is Cn1cc(-c2ccc3c(N4CCC5(CC4)OCCO5)cnn3c2)cn1. The van der Waals surface area contributed by atoms with Crippen LogP contribution in [0.3, 0.4) is 0 Å². The molecule has 7 nitrogen and oxygen atoms in total. The van der Waals surface area contributed by atoms with Crippen molar-refractivity contribution in [2.75, 3.05) is 31.2 Å². The fourth-order valence-electron chi connectivity index (χ4n) is 3.83. The Balaban J connectivity index is 1.41. The molecule has 0 N–H and O–H groups in total. The summed E-state index contributed by atoms with van der Waals surface area (Å²) in [5, 5.41) is 8.80. The van der Waals surface area contributed by atoms with E-state index in [0.29, 0.717) is 13.2 Å². The summed E-state index contributed by atoms with van der Waals surface area (Å²) in [6, 6.07) is 4.27. The van der Waals surface area contributed by atoms with Gasteiger partial charge in [0.1, 0.15) is 0 Å². The standard InChI is InChI=1S/C18H21N5O2/c1-21-12-15(10-19-21)14-2-3-16-17(11-20-23(16)13-14)22-6-4-18(5-7-22)24-8-9-25-18/h2-3,10-13H,4-9H2,1H3. The van der Waals surface area contributed by atoms with E-state index >= 15 is 0 Å². The van der Waals surface area contributed by atoms with Gasteiger partial charge in [0, 0.05) is 56.5 Å². The molecule has 0 amide bonds. The summed E-state index contributed by atoms with van der Waals surface area (Å²) < 4.78 is 15.4. The van der Waals surface area contributed by atoms with E-state index in [4.69, 9.17) is 9.47 Å². The molecule has 5 rings (SSSR count). The van der Waals surface area contributed by atoms with Gasteiger partial charge in [0.15, 0.2) is 5.79 Å². The number of fused-ring (bicyclic) bond motifs is 1. The molecule has 2 aliphatic rings. The van der Waals surface area contributed by atoms with E-state index in [0.717, 1.165) is 42.6 Å². The number of ether oxygens (including phenoxy) is 2. The van der Waals surface area contributed by atoms with Crippen molar-refractivity contribution in [3.8, 4) is 11.1 Å². The van der Waals surface area contributed by atoms with Gasteiger partial charge in [-0.1, -0.05) is 6.07 Å². The Morgan fingerprint density at radius 1 is 0.960 bits per heavy atom. The number of aromatic nitrogens is 4. The van der Waals surface area contributed by atoms with Gasteiger partial charge in [0.25, 0.3) is 0 Å². The van der Waals surface area contributed by atoms with Gasteiger partial charge in [-0.05, 0) is 6.07 Å². The lowest BCUT2D eigenvalue weighted by molar-refractivity contribution is -0.169. The van der Waals surface area contributed by atoms with Gasteiger partial charge in [0.05, 0.1) is 36.8 Å². The minimum atomic E-state index is -0.340. The molecule has 0 unspecified atom stereocenters. The van der Waals surface area contributed by atoms with Crippen molar-refractivity contribution in [3.05, 3.63) is 36.9 Å². The number of anilines is 1. The first-order chi connectivity index (χ1) is 12.2.